The fraction of sp³-hybridized carbons (Fsp3) is 0.385. The number of benzene rings is 1. The lowest BCUT2D eigenvalue weighted by atomic mass is 9.83. The summed E-state index contributed by atoms with van der Waals surface area (Å²) in [6, 6.07) is 9.47. The van der Waals surface area contributed by atoms with Gasteiger partial charge in [-0.25, -0.2) is 0 Å². The second-order valence-electron chi connectivity index (χ2n) is 4.22. The van der Waals surface area contributed by atoms with Crippen LogP contribution in [0.25, 0.3) is 0 Å². The molecule has 0 aromatic heterocycles. The first-order valence-corrected chi connectivity index (χ1v) is 5.55. The molecular weight excluding hydrogens is 220 g/mol. The highest BCUT2D eigenvalue weighted by Crippen LogP contribution is 2.23. The highest BCUT2D eigenvalue weighted by Gasteiger charge is 2.37. The van der Waals surface area contributed by atoms with E-state index in [9.17, 15) is 9.59 Å². The predicted octanol–water partition coefficient (Wildman–Crippen LogP) is 1.15. The van der Waals surface area contributed by atoms with Gasteiger partial charge < -0.3 is 9.84 Å². The Morgan fingerprint density at radius 3 is 2.71 bits per heavy atom. The molecule has 1 aliphatic rings. The van der Waals surface area contributed by atoms with Crippen LogP contribution in [0.15, 0.2) is 30.3 Å². The molecule has 4 nitrogen and oxygen atoms in total. The van der Waals surface area contributed by atoms with Gasteiger partial charge in [0.15, 0.2) is 5.78 Å². The molecule has 1 fully saturated rings. The summed E-state index contributed by atoms with van der Waals surface area (Å²) >= 11 is 0. The van der Waals surface area contributed by atoms with E-state index in [1.807, 2.05) is 30.3 Å². The number of carboxylic acid groups (broad SMARTS) is 1. The van der Waals surface area contributed by atoms with Gasteiger partial charge in [0.1, 0.15) is 6.61 Å². The summed E-state index contributed by atoms with van der Waals surface area (Å²) in [6.07, 6.45) is 0.472. The van der Waals surface area contributed by atoms with Crippen LogP contribution in [0.2, 0.25) is 0 Å². The van der Waals surface area contributed by atoms with E-state index in [2.05, 4.69) is 0 Å². The Labute approximate surface area is 99.2 Å². The molecule has 1 aromatic rings. The van der Waals surface area contributed by atoms with E-state index in [0.717, 1.165) is 5.56 Å². The summed E-state index contributed by atoms with van der Waals surface area (Å²) in [5, 5.41) is 9.07. The van der Waals surface area contributed by atoms with Crippen LogP contribution < -0.4 is 0 Å². The van der Waals surface area contributed by atoms with E-state index >= 15 is 0 Å². The van der Waals surface area contributed by atoms with Gasteiger partial charge >= 0.3 is 5.97 Å². The largest absolute Gasteiger partial charge is 0.481 e. The maximum absolute atomic E-state index is 11.7. The second kappa shape index (κ2) is 5.10. The zero-order chi connectivity index (χ0) is 12.3. The maximum Gasteiger partial charge on any atom is 0.309 e. The van der Waals surface area contributed by atoms with Crippen molar-refractivity contribution in [2.45, 2.75) is 6.42 Å². The first-order chi connectivity index (χ1) is 8.18. The molecule has 0 saturated carbocycles. The topological polar surface area (TPSA) is 63.6 Å². The fourth-order valence-corrected chi connectivity index (χ4v) is 2.10. The van der Waals surface area contributed by atoms with E-state index in [0.29, 0.717) is 6.42 Å². The van der Waals surface area contributed by atoms with E-state index in [4.69, 9.17) is 9.84 Å². The summed E-state index contributed by atoms with van der Waals surface area (Å²) in [5.74, 6) is -2.27. The third-order valence-corrected chi connectivity index (χ3v) is 3.06. The molecule has 17 heavy (non-hydrogen) atoms. The first kappa shape index (κ1) is 11.8. The molecule has 0 amide bonds. The van der Waals surface area contributed by atoms with Crippen LogP contribution in [0.3, 0.4) is 0 Å². The van der Waals surface area contributed by atoms with E-state index < -0.39 is 17.8 Å². The third kappa shape index (κ3) is 2.71. The van der Waals surface area contributed by atoms with Crippen molar-refractivity contribution in [2.24, 2.45) is 11.8 Å². The number of ether oxygens (including phenoxy) is 1. The Morgan fingerprint density at radius 2 is 2.06 bits per heavy atom. The van der Waals surface area contributed by atoms with Crippen LogP contribution in [-0.4, -0.2) is 30.1 Å². The maximum atomic E-state index is 11.7. The molecule has 0 bridgehead atoms. The van der Waals surface area contributed by atoms with Crippen LogP contribution in [0.1, 0.15) is 5.56 Å². The van der Waals surface area contributed by atoms with Crippen molar-refractivity contribution in [3.8, 4) is 0 Å². The number of carbonyl (C=O) groups is 2. The number of ketones is 1. The normalized spacial score (nSPS) is 24.6. The van der Waals surface area contributed by atoms with Gasteiger partial charge in [0.25, 0.3) is 0 Å². The molecule has 1 aromatic carbocycles. The standard InChI is InChI=1S/C13H14O4/c14-12-8-17-7-11(13(15)16)10(12)6-9-4-2-1-3-5-9/h1-5,10-11H,6-8H2,(H,15,16)/t10?,11-/m1/s1. The van der Waals surface area contributed by atoms with Crippen LogP contribution in [0, 0.1) is 11.8 Å². The van der Waals surface area contributed by atoms with Crippen molar-refractivity contribution in [1.82, 2.24) is 0 Å². The van der Waals surface area contributed by atoms with Crippen molar-refractivity contribution < 1.29 is 19.4 Å². The Morgan fingerprint density at radius 1 is 1.35 bits per heavy atom. The van der Waals surface area contributed by atoms with Crippen molar-refractivity contribution >= 4 is 11.8 Å². The minimum absolute atomic E-state index is 0.0290. The van der Waals surface area contributed by atoms with Crippen LogP contribution in [-0.2, 0) is 20.7 Å². The van der Waals surface area contributed by atoms with Gasteiger partial charge in [0, 0.05) is 5.92 Å². The number of carbonyl (C=O) groups excluding carboxylic acids is 1. The molecule has 1 unspecified atom stereocenters. The van der Waals surface area contributed by atoms with Gasteiger partial charge in [-0.05, 0) is 12.0 Å². The van der Waals surface area contributed by atoms with E-state index in [1.54, 1.807) is 0 Å². The Bertz CT molecular complexity index is 413. The van der Waals surface area contributed by atoms with Gasteiger partial charge in [0.2, 0.25) is 0 Å². The molecule has 1 saturated heterocycles. The summed E-state index contributed by atoms with van der Waals surface area (Å²) < 4.78 is 4.99. The van der Waals surface area contributed by atoms with Crippen LogP contribution >= 0.6 is 0 Å². The van der Waals surface area contributed by atoms with Gasteiger partial charge in [-0.1, -0.05) is 30.3 Å². The Kier molecular flexibility index (Phi) is 3.54. The Hall–Kier alpha value is -1.68. The molecule has 2 atom stereocenters. The summed E-state index contributed by atoms with van der Waals surface area (Å²) in [6.45, 7) is 0.153. The zero-order valence-corrected chi connectivity index (χ0v) is 9.33. The zero-order valence-electron chi connectivity index (χ0n) is 9.33. The van der Waals surface area contributed by atoms with Gasteiger partial charge in [-0.2, -0.15) is 0 Å². The van der Waals surface area contributed by atoms with Gasteiger partial charge in [-0.3, -0.25) is 9.59 Å². The lowest BCUT2D eigenvalue weighted by Crippen LogP contribution is -2.41. The van der Waals surface area contributed by atoms with Crippen molar-refractivity contribution in [3.05, 3.63) is 35.9 Å². The first-order valence-electron chi connectivity index (χ1n) is 5.55. The Balaban J connectivity index is 2.15. The number of aliphatic carboxylic acids is 1. The van der Waals surface area contributed by atoms with Gasteiger partial charge in [-0.15, -0.1) is 0 Å². The number of hydrogen-bond donors (Lipinski definition) is 1. The molecule has 0 radical (unpaired) electrons. The minimum Gasteiger partial charge on any atom is -0.481 e. The highest BCUT2D eigenvalue weighted by atomic mass is 16.5. The van der Waals surface area contributed by atoms with Crippen LogP contribution in [0.5, 0.6) is 0 Å². The monoisotopic (exact) mass is 234 g/mol. The predicted molar refractivity (Wildman–Crippen MR) is 60.6 cm³/mol. The molecule has 4 heteroatoms. The minimum atomic E-state index is -0.959. The molecule has 1 aliphatic heterocycles. The molecule has 2 rings (SSSR count). The van der Waals surface area contributed by atoms with Gasteiger partial charge in [0.05, 0.1) is 12.5 Å². The SMILES string of the molecule is O=C1COC[C@@H](C(=O)O)C1Cc1ccccc1. The van der Waals surface area contributed by atoms with Crippen molar-refractivity contribution in [3.63, 3.8) is 0 Å². The summed E-state index contributed by atoms with van der Waals surface area (Å²) in [5.41, 5.74) is 0.985. The number of carboxylic acids is 1. The molecular formula is C13H14O4. The summed E-state index contributed by atoms with van der Waals surface area (Å²) in [4.78, 5) is 22.8. The summed E-state index contributed by atoms with van der Waals surface area (Å²) in [7, 11) is 0. The number of hydrogen-bond acceptors (Lipinski definition) is 3. The van der Waals surface area contributed by atoms with E-state index in [1.165, 1.54) is 0 Å². The highest BCUT2D eigenvalue weighted by molar-refractivity contribution is 5.88. The number of rotatable bonds is 3. The number of Topliss-reactive ketones (excluding diaryl/α,β-unsaturated/α-hetero) is 1. The van der Waals surface area contributed by atoms with Crippen LogP contribution in [0.4, 0.5) is 0 Å². The second-order valence-corrected chi connectivity index (χ2v) is 4.22. The molecule has 0 aliphatic carbocycles. The fourth-order valence-electron chi connectivity index (χ4n) is 2.10. The average Bonchev–Trinajstić information content (AvgIpc) is 2.33. The smallest absolute Gasteiger partial charge is 0.309 e. The molecule has 90 valence electrons. The average molecular weight is 234 g/mol. The van der Waals surface area contributed by atoms with Crippen molar-refractivity contribution in [2.75, 3.05) is 13.2 Å². The van der Waals surface area contributed by atoms with Crippen molar-refractivity contribution in [1.29, 1.82) is 0 Å². The molecule has 1 heterocycles. The quantitative estimate of drug-likeness (QED) is 0.852. The lowest BCUT2D eigenvalue weighted by Gasteiger charge is -2.27. The molecule has 1 N–H and O–H groups in total. The lowest BCUT2D eigenvalue weighted by molar-refractivity contribution is -0.156. The third-order valence-electron chi connectivity index (χ3n) is 3.06. The van der Waals surface area contributed by atoms with E-state index in [-0.39, 0.29) is 19.0 Å². The molecule has 0 spiro atoms.